The number of anilines is 1. The zero-order valence-corrected chi connectivity index (χ0v) is 18.1. The highest BCUT2D eigenvalue weighted by atomic mass is 16.5. The van der Waals surface area contributed by atoms with Crippen molar-refractivity contribution in [1.29, 1.82) is 0 Å². The van der Waals surface area contributed by atoms with Gasteiger partial charge in [0.2, 0.25) is 11.9 Å². The highest BCUT2D eigenvalue weighted by Gasteiger charge is 2.38. The molecule has 3 aromatic rings. The molecule has 4 rings (SSSR count). The van der Waals surface area contributed by atoms with Crippen LogP contribution in [0.4, 0.5) is 5.95 Å². The van der Waals surface area contributed by atoms with E-state index in [2.05, 4.69) is 22.4 Å². The molecule has 0 bridgehead atoms. The monoisotopic (exact) mass is 405 g/mol. The van der Waals surface area contributed by atoms with Crippen LogP contribution in [0.1, 0.15) is 30.2 Å². The Kier molecular flexibility index (Phi) is 5.28. The van der Waals surface area contributed by atoms with E-state index in [1.165, 1.54) is 0 Å². The number of benzene rings is 1. The van der Waals surface area contributed by atoms with Crippen LogP contribution in [0.25, 0.3) is 22.6 Å². The van der Waals surface area contributed by atoms with E-state index in [0.717, 1.165) is 40.1 Å². The Morgan fingerprint density at radius 3 is 2.50 bits per heavy atom. The largest absolute Gasteiger partial charge is 0.356 e. The van der Waals surface area contributed by atoms with E-state index in [4.69, 9.17) is 9.51 Å². The number of aromatic nitrogens is 3. The molecule has 2 aromatic heterocycles. The van der Waals surface area contributed by atoms with Gasteiger partial charge in [0.05, 0.1) is 17.0 Å². The van der Waals surface area contributed by atoms with E-state index >= 15 is 0 Å². The number of nitrogens with one attached hydrogen (secondary N) is 1. The van der Waals surface area contributed by atoms with E-state index in [0.29, 0.717) is 24.2 Å². The molecule has 2 heterocycles. The maximum atomic E-state index is 12.1. The Labute approximate surface area is 176 Å². The quantitative estimate of drug-likeness (QED) is 0.672. The summed E-state index contributed by atoms with van der Waals surface area (Å²) in [7, 11) is 3.82. The topological polar surface area (TPSA) is 84.2 Å². The van der Waals surface area contributed by atoms with Crippen LogP contribution in [-0.2, 0) is 11.3 Å². The van der Waals surface area contributed by atoms with Crippen molar-refractivity contribution >= 4 is 11.9 Å². The van der Waals surface area contributed by atoms with E-state index in [1.807, 2.05) is 57.1 Å². The van der Waals surface area contributed by atoms with Crippen LogP contribution in [0.3, 0.4) is 0 Å². The molecule has 2 atom stereocenters. The molecule has 156 valence electrons. The van der Waals surface area contributed by atoms with Gasteiger partial charge in [-0.3, -0.25) is 4.79 Å². The Bertz CT molecular complexity index is 1070. The number of nitrogens with zero attached hydrogens (tertiary/aromatic N) is 4. The van der Waals surface area contributed by atoms with Gasteiger partial charge in [0.25, 0.3) is 0 Å². The third-order valence-electron chi connectivity index (χ3n) is 5.72. The smallest absolute Gasteiger partial charge is 0.225 e. The third kappa shape index (κ3) is 3.92. The number of hydrogen-bond donors (Lipinski definition) is 1. The predicted molar refractivity (Wildman–Crippen MR) is 116 cm³/mol. The maximum Gasteiger partial charge on any atom is 0.225 e. The van der Waals surface area contributed by atoms with Crippen molar-refractivity contribution in [3.63, 3.8) is 0 Å². The van der Waals surface area contributed by atoms with Gasteiger partial charge in [-0.1, -0.05) is 36.3 Å². The second-order valence-corrected chi connectivity index (χ2v) is 8.28. The van der Waals surface area contributed by atoms with Gasteiger partial charge >= 0.3 is 0 Å². The van der Waals surface area contributed by atoms with Crippen LogP contribution < -0.4 is 10.2 Å². The summed E-state index contributed by atoms with van der Waals surface area (Å²) in [6.07, 6.45) is 2.78. The van der Waals surface area contributed by atoms with Crippen molar-refractivity contribution in [2.75, 3.05) is 19.0 Å². The fraction of sp³-hybridized carbons (Fsp3) is 0.391. The molecule has 1 aromatic carbocycles. The van der Waals surface area contributed by atoms with Gasteiger partial charge in [-0.25, -0.2) is 9.97 Å². The molecule has 1 aliphatic rings. The SMILES string of the molecule is Cc1noc(-c2cnc(N(C)C)nc2-c2ccc(CNC(=O)[C@@H]3C[C@H]3C)cc2)c1C. The van der Waals surface area contributed by atoms with Gasteiger partial charge in [-0.15, -0.1) is 0 Å². The van der Waals surface area contributed by atoms with Crippen molar-refractivity contribution < 1.29 is 9.32 Å². The van der Waals surface area contributed by atoms with Crippen molar-refractivity contribution in [2.45, 2.75) is 33.7 Å². The number of carbonyl (C=O) groups is 1. The van der Waals surface area contributed by atoms with Crippen LogP contribution in [-0.4, -0.2) is 35.1 Å². The first-order valence-corrected chi connectivity index (χ1v) is 10.2. The molecule has 1 N–H and O–H groups in total. The molecular formula is C23H27N5O2. The lowest BCUT2D eigenvalue weighted by Crippen LogP contribution is -2.24. The zero-order valence-electron chi connectivity index (χ0n) is 18.1. The Balaban J connectivity index is 1.62. The number of aryl methyl sites for hydroxylation is 1. The predicted octanol–water partition coefficient (Wildman–Crippen LogP) is 3.75. The second-order valence-electron chi connectivity index (χ2n) is 8.28. The summed E-state index contributed by atoms with van der Waals surface area (Å²) in [4.78, 5) is 23.2. The average molecular weight is 406 g/mol. The lowest BCUT2D eigenvalue weighted by atomic mass is 10.0. The first-order chi connectivity index (χ1) is 14.3. The minimum atomic E-state index is 0.149. The zero-order chi connectivity index (χ0) is 21.4. The minimum Gasteiger partial charge on any atom is -0.356 e. The third-order valence-corrected chi connectivity index (χ3v) is 5.72. The van der Waals surface area contributed by atoms with Gasteiger partial charge < -0.3 is 14.7 Å². The Morgan fingerprint density at radius 1 is 1.23 bits per heavy atom. The fourth-order valence-electron chi connectivity index (χ4n) is 3.43. The number of hydrogen-bond acceptors (Lipinski definition) is 6. The summed E-state index contributed by atoms with van der Waals surface area (Å²) in [6, 6.07) is 8.08. The van der Waals surface area contributed by atoms with E-state index in [9.17, 15) is 4.79 Å². The first kappa shape index (κ1) is 20.1. The van der Waals surface area contributed by atoms with Gasteiger partial charge in [0, 0.05) is 43.9 Å². The molecule has 7 nitrogen and oxygen atoms in total. The summed E-state index contributed by atoms with van der Waals surface area (Å²) in [6.45, 7) is 6.54. The molecule has 1 aliphatic carbocycles. The average Bonchev–Trinajstić information content (AvgIpc) is 3.39. The summed E-state index contributed by atoms with van der Waals surface area (Å²) in [5.74, 6) is 2.15. The highest BCUT2D eigenvalue weighted by molar-refractivity contribution is 5.82. The molecule has 0 unspecified atom stereocenters. The summed E-state index contributed by atoms with van der Waals surface area (Å²) >= 11 is 0. The standard InChI is InChI=1S/C23H27N5O2/c1-13-10-18(13)22(29)24-11-16-6-8-17(9-7-16)20-19(12-25-23(26-20)28(4)5)21-14(2)15(3)27-30-21/h6-9,12-13,18H,10-11H2,1-5H3,(H,24,29)/t13-,18-/m1/s1. The van der Waals surface area contributed by atoms with Crippen LogP contribution in [0.15, 0.2) is 35.0 Å². The van der Waals surface area contributed by atoms with Gasteiger partial charge in [-0.05, 0) is 31.7 Å². The lowest BCUT2D eigenvalue weighted by molar-refractivity contribution is -0.122. The minimum absolute atomic E-state index is 0.149. The summed E-state index contributed by atoms with van der Waals surface area (Å²) in [5, 5.41) is 7.11. The molecule has 1 amide bonds. The van der Waals surface area contributed by atoms with Crippen LogP contribution in [0.5, 0.6) is 0 Å². The van der Waals surface area contributed by atoms with Gasteiger partial charge in [0.1, 0.15) is 0 Å². The summed E-state index contributed by atoms with van der Waals surface area (Å²) < 4.78 is 5.58. The number of carbonyl (C=O) groups excluding carboxylic acids is 1. The van der Waals surface area contributed by atoms with Crippen molar-refractivity contribution in [1.82, 2.24) is 20.4 Å². The maximum absolute atomic E-state index is 12.1. The van der Waals surface area contributed by atoms with Crippen LogP contribution in [0, 0.1) is 25.7 Å². The molecule has 0 aliphatic heterocycles. The van der Waals surface area contributed by atoms with Crippen molar-refractivity contribution in [3.8, 4) is 22.6 Å². The molecule has 30 heavy (non-hydrogen) atoms. The molecule has 0 radical (unpaired) electrons. The first-order valence-electron chi connectivity index (χ1n) is 10.2. The Hall–Kier alpha value is -3.22. The molecule has 1 fully saturated rings. The molecule has 1 saturated carbocycles. The lowest BCUT2D eigenvalue weighted by Gasteiger charge is -2.14. The van der Waals surface area contributed by atoms with Crippen molar-refractivity contribution in [2.24, 2.45) is 11.8 Å². The normalized spacial score (nSPS) is 17.6. The fourth-order valence-corrected chi connectivity index (χ4v) is 3.43. The highest BCUT2D eigenvalue weighted by Crippen LogP contribution is 2.38. The Morgan fingerprint density at radius 2 is 1.93 bits per heavy atom. The summed E-state index contributed by atoms with van der Waals surface area (Å²) in [5.41, 5.74) is 5.43. The van der Waals surface area contributed by atoms with E-state index < -0.39 is 0 Å². The molecule has 0 saturated heterocycles. The van der Waals surface area contributed by atoms with Gasteiger partial charge in [-0.2, -0.15) is 0 Å². The van der Waals surface area contributed by atoms with E-state index in [-0.39, 0.29) is 11.8 Å². The molecule has 0 spiro atoms. The van der Waals surface area contributed by atoms with Crippen molar-refractivity contribution in [3.05, 3.63) is 47.3 Å². The van der Waals surface area contributed by atoms with Gasteiger partial charge in [0.15, 0.2) is 5.76 Å². The number of rotatable bonds is 6. The number of amides is 1. The van der Waals surface area contributed by atoms with Crippen LogP contribution in [0.2, 0.25) is 0 Å². The molecular weight excluding hydrogens is 378 g/mol. The molecule has 7 heteroatoms. The van der Waals surface area contributed by atoms with E-state index in [1.54, 1.807) is 6.20 Å². The second kappa shape index (κ2) is 7.89. The van der Waals surface area contributed by atoms with Crippen LogP contribution >= 0.6 is 0 Å².